The van der Waals surface area contributed by atoms with Crippen molar-refractivity contribution in [2.45, 2.75) is 26.9 Å². The first-order valence-corrected chi connectivity index (χ1v) is 5.26. The first kappa shape index (κ1) is 11.8. The molecule has 1 aromatic rings. The van der Waals surface area contributed by atoms with Crippen molar-refractivity contribution in [3.8, 4) is 5.75 Å². The molecule has 0 amide bonds. The van der Waals surface area contributed by atoms with Gasteiger partial charge in [0, 0.05) is 6.54 Å². The molecule has 2 N–H and O–H groups in total. The van der Waals surface area contributed by atoms with Crippen molar-refractivity contribution in [1.82, 2.24) is 0 Å². The van der Waals surface area contributed by atoms with Crippen molar-refractivity contribution in [1.29, 1.82) is 0 Å². The molecule has 2 heteroatoms. The van der Waals surface area contributed by atoms with Gasteiger partial charge in [0.15, 0.2) is 0 Å². The third-order valence-corrected chi connectivity index (χ3v) is 1.99. The van der Waals surface area contributed by atoms with Gasteiger partial charge in [0.05, 0.1) is 6.10 Å². The summed E-state index contributed by atoms with van der Waals surface area (Å²) in [6, 6.07) is 8.04. The molecule has 0 radical (unpaired) electrons. The maximum Gasteiger partial charge on any atom is 0.119 e. The predicted octanol–water partition coefficient (Wildman–Crippen LogP) is 2.84. The van der Waals surface area contributed by atoms with E-state index in [2.05, 4.69) is 6.08 Å². The van der Waals surface area contributed by atoms with E-state index in [9.17, 15) is 0 Å². The molecule has 0 spiro atoms. The summed E-state index contributed by atoms with van der Waals surface area (Å²) in [5.74, 6) is 0.910. The van der Waals surface area contributed by atoms with E-state index in [1.165, 1.54) is 5.57 Å². The van der Waals surface area contributed by atoms with Gasteiger partial charge in [-0.05, 0) is 38.5 Å². The number of ether oxygens (including phenoxy) is 1. The van der Waals surface area contributed by atoms with Crippen LogP contribution >= 0.6 is 0 Å². The average Bonchev–Trinajstić information content (AvgIpc) is 2.20. The van der Waals surface area contributed by atoms with Crippen LogP contribution in [0.25, 0.3) is 6.08 Å². The van der Waals surface area contributed by atoms with E-state index in [0.29, 0.717) is 6.54 Å². The topological polar surface area (TPSA) is 35.2 Å². The Bertz CT molecular complexity index is 325. The summed E-state index contributed by atoms with van der Waals surface area (Å²) in [5, 5.41) is 0. The smallest absolute Gasteiger partial charge is 0.119 e. The molecule has 0 aliphatic carbocycles. The zero-order valence-corrected chi connectivity index (χ0v) is 9.66. The van der Waals surface area contributed by atoms with Crippen LogP contribution in [-0.4, -0.2) is 12.6 Å². The van der Waals surface area contributed by atoms with Crippen molar-refractivity contribution in [2.24, 2.45) is 5.73 Å². The summed E-state index contributed by atoms with van der Waals surface area (Å²) in [6.07, 6.45) is 2.30. The third-order valence-electron chi connectivity index (χ3n) is 1.99. The molecule has 0 aliphatic heterocycles. The average molecular weight is 205 g/mol. The summed E-state index contributed by atoms with van der Waals surface area (Å²) >= 11 is 0. The van der Waals surface area contributed by atoms with E-state index in [1.807, 2.05) is 45.0 Å². The fraction of sp³-hybridized carbons (Fsp3) is 0.385. The van der Waals surface area contributed by atoms with E-state index in [-0.39, 0.29) is 6.10 Å². The number of hydrogen-bond donors (Lipinski definition) is 1. The van der Waals surface area contributed by atoms with Gasteiger partial charge in [-0.2, -0.15) is 0 Å². The lowest BCUT2D eigenvalue weighted by atomic mass is 10.1. The Morgan fingerprint density at radius 3 is 2.40 bits per heavy atom. The molecule has 1 rings (SSSR count). The van der Waals surface area contributed by atoms with Gasteiger partial charge in [0.25, 0.3) is 0 Å². The molecular formula is C13H19NO. The lowest BCUT2D eigenvalue weighted by Crippen LogP contribution is -2.05. The van der Waals surface area contributed by atoms with Crippen LogP contribution < -0.4 is 10.5 Å². The molecular weight excluding hydrogens is 186 g/mol. The highest BCUT2D eigenvalue weighted by Crippen LogP contribution is 2.15. The Morgan fingerprint density at radius 2 is 1.93 bits per heavy atom. The summed E-state index contributed by atoms with van der Waals surface area (Å²) < 4.78 is 5.56. The summed E-state index contributed by atoms with van der Waals surface area (Å²) in [7, 11) is 0. The van der Waals surface area contributed by atoms with Crippen molar-refractivity contribution in [3.63, 3.8) is 0 Å². The summed E-state index contributed by atoms with van der Waals surface area (Å²) in [4.78, 5) is 0. The fourth-order valence-corrected chi connectivity index (χ4v) is 1.26. The molecule has 0 unspecified atom stereocenters. The third kappa shape index (κ3) is 4.17. The fourth-order valence-electron chi connectivity index (χ4n) is 1.26. The zero-order chi connectivity index (χ0) is 11.3. The predicted molar refractivity (Wildman–Crippen MR) is 64.9 cm³/mol. The van der Waals surface area contributed by atoms with Crippen molar-refractivity contribution in [3.05, 3.63) is 35.4 Å². The number of rotatable bonds is 4. The number of nitrogens with two attached hydrogens (primary N) is 1. The Labute approximate surface area is 91.7 Å². The molecule has 0 saturated heterocycles. The molecule has 0 aromatic heterocycles. The van der Waals surface area contributed by atoms with E-state index >= 15 is 0 Å². The Morgan fingerprint density at radius 1 is 1.33 bits per heavy atom. The van der Waals surface area contributed by atoms with Gasteiger partial charge in [0.2, 0.25) is 0 Å². The molecule has 0 heterocycles. The first-order chi connectivity index (χ1) is 7.11. The minimum Gasteiger partial charge on any atom is -0.491 e. The van der Waals surface area contributed by atoms with E-state index in [4.69, 9.17) is 10.5 Å². The molecule has 2 nitrogen and oxygen atoms in total. The standard InChI is InChI=1S/C13H19NO/c1-10(2)15-13-6-4-12(5-7-13)8-11(3)9-14/h4-8,10H,9,14H2,1-3H3. The van der Waals surface area contributed by atoms with Gasteiger partial charge in [-0.1, -0.05) is 23.8 Å². The summed E-state index contributed by atoms with van der Waals surface area (Å²) in [6.45, 7) is 6.67. The van der Waals surface area contributed by atoms with Gasteiger partial charge < -0.3 is 10.5 Å². The molecule has 15 heavy (non-hydrogen) atoms. The van der Waals surface area contributed by atoms with Crippen LogP contribution in [-0.2, 0) is 0 Å². The monoisotopic (exact) mass is 205 g/mol. The van der Waals surface area contributed by atoms with Crippen molar-refractivity contribution < 1.29 is 4.74 Å². The molecule has 0 saturated carbocycles. The second-order valence-electron chi connectivity index (χ2n) is 3.93. The van der Waals surface area contributed by atoms with E-state index < -0.39 is 0 Å². The first-order valence-electron chi connectivity index (χ1n) is 5.26. The molecule has 0 aliphatic rings. The molecule has 82 valence electrons. The van der Waals surface area contributed by atoms with Crippen molar-refractivity contribution >= 4 is 6.08 Å². The molecule has 1 aromatic carbocycles. The van der Waals surface area contributed by atoms with Crippen LogP contribution in [0.1, 0.15) is 26.3 Å². The van der Waals surface area contributed by atoms with Gasteiger partial charge in [-0.15, -0.1) is 0 Å². The largest absolute Gasteiger partial charge is 0.491 e. The molecule has 0 atom stereocenters. The van der Waals surface area contributed by atoms with E-state index in [1.54, 1.807) is 0 Å². The minimum absolute atomic E-state index is 0.220. The van der Waals surface area contributed by atoms with Crippen molar-refractivity contribution in [2.75, 3.05) is 6.54 Å². The highest BCUT2D eigenvalue weighted by molar-refractivity contribution is 5.53. The molecule has 0 fully saturated rings. The second-order valence-corrected chi connectivity index (χ2v) is 3.93. The number of hydrogen-bond acceptors (Lipinski definition) is 2. The van der Waals surface area contributed by atoms with E-state index in [0.717, 1.165) is 11.3 Å². The van der Waals surface area contributed by atoms with Gasteiger partial charge in [0.1, 0.15) is 5.75 Å². The van der Waals surface area contributed by atoms with Crippen LogP contribution in [0.2, 0.25) is 0 Å². The molecule has 0 bridgehead atoms. The Hall–Kier alpha value is -1.28. The lowest BCUT2D eigenvalue weighted by Gasteiger charge is -2.09. The Kier molecular flexibility index (Phi) is 4.37. The maximum atomic E-state index is 5.56. The van der Waals surface area contributed by atoms with Crippen LogP contribution in [0.3, 0.4) is 0 Å². The van der Waals surface area contributed by atoms with Gasteiger partial charge >= 0.3 is 0 Å². The minimum atomic E-state index is 0.220. The normalized spacial score (nSPS) is 11.9. The Balaban J connectivity index is 2.72. The zero-order valence-electron chi connectivity index (χ0n) is 9.66. The van der Waals surface area contributed by atoms with Crippen LogP contribution in [0.4, 0.5) is 0 Å². The summed E-state index contributed by atoms with van der Waals surface area (Å²) in [5.41, 5.74) is 7.86. The lowest BCUT2D eigenvalue weighted by molar-refractivity contribution is 0.242. The second kappa shape index (κ2) is 5.56. The van der Waals surface area contributed by atoms with Gasteiger partial charge in [-0.25, -0.2) is 0 Å². The highest BCUT2D eigenvalue weighted by Gasteiger charge is 1.96. The van der Waals surface area contributed by atoms with Gasteiger partial charge in [-0.3, -0.25) is 0 Å². The van der Waals surface area contributed by atoms with Crippen LogP contribution in [0.15, 0.2) is 29.8 Å². The number of benzene rings is 1. The maximum absolute atomic E-state index is 5.56. The van der Waals surface area contributed by atoms with Crippen LogP contribution in [0.5, 0.6) is 5.75 Å². The quantitative estimate of drug-likeness (QED) is 0.820. The SMILES string of the molecule is CC(=Cc1ccc(OC(C)C)cc1)CN. The highest BCUT2D eigenvalue weighted by atomic mass is 16.5. The van der Waals surface area contributed by atoms with Crippen LogP contribution in [0, 0.1) is 0 Å².